The first-order valence-corrected chi connectivity index (χ1v) is 12.9. The summed E-state index contributed by atoms with van der Waals surface area (Å²) in [6.07, 6.45) is 6.38. The molecule has 5 rings (SSSR count). The van der Waals surface area contributed by atoms with Gasteiger partial charge in [-0.2, -0.15) is 0 Å². The largest absolute Gasteiger partial charge is 0.370 e. The highest BCUT2D eigenvalue weighted by molar-refractivity contribution is 8.26. The smallest absolute Gasteiger partial charge is 0.266 e. The van der Waals surface area contributed by atoms with Crippen LogP contribution in [0, 0.1) is 0 Å². The van der Waals surface area contributed by atoms with Crippen LogP contribution in [0.4, 0.5) is 5.69 Å². The Labute approximate surface area is 209 Å². The van der Waals surface area contributed by atoms with Crippen LogP contribution in [0.3, 0.4) is 0 Å². The predicted molar refractivity (Wildman–Crippen MR) is 145 cm³/mol. The zero-order valence-corrected chi connectivity index (χ0v) is 20.8. The number of aryl methyl sites for hydroxylation is 1. The molecule has 2 saturated heterocycles. The Morgan fingerprint density at radius 3 is 2.35 bits per heavy atom. The summed E-state index contributed by atoms with van der Waals surface area (Å²) in [5.41, 5.74) is 3.34. The highest BCUT2D eigenvalue weighted by Crippen LogP contribution is 2.37. The van der Waals surface area contributed by atoms with Gasteiger partial charge in [0.25, 0.3) is 11.5 Å². The number of rotatable bonds is 4. The number of thiocarbonyl (C=S) groups is 1. The van der Waals surface area contributed by atoms with E-state index in [0.29, 0.717) is 21.3 Å². The molecule has 1 amide bonds. The Morgan fingerprint density at radius 2 is 1.62 bits per heavy atom. The fourth-order valence-electron chi connectivity index (χ4n) is 4.80. The third-order valence-corrected chi connectivity index (χ3v) is 7.94. The van der Waals surface area contributed by atoms with Gasteiger partial charge in [-0.3, -0.25) is 14.5 Å². The van der Waals surface area contributed by atoms with E-state index in [-0.39, 0.29) is 11.5 Å². The van der Waals surface area contributed by atoms with E-state index in [4.69, 9.17) is 12.2 Å². The number of anilines is 1. The number of aromatic nitrogens is 1. The highest BCUT2D eigenvalue weighted by atomic mass is 32.2. The second-order valence-electron chi connectivity index (χ2n) is 8.80. The van der Waals surface area contributed by atoms with Gasteiger partial charge in [0.2, 0.25) is 0 Å². The molecule has 3 aromatic rings. The standard InChI is InChI=1S/C27H27N3O2S2/c1-28-22-14-8-7-13-20(22)24(29-15-9-2-3-10-16-29)21(25(28)31)17-23-26(32)30(27(33)34-23)18-19-11-5-4-6-12-19/h4-8,11-14,17H,2-3,9-10,15-16,18H2,1H3. The summed E-state index contributed by atoms with van der Waals surface area (Å²) in [7, 11) is 1.80. The summed E-state index contributed by atoms with van der Waals surface area (Å²) in [4.78, 5) is 31.4. The summed E-state index contributed by atoms with van der Waals surface area (Å²) in [5.74, 6) is -0.143. The van der Waals surface area contributed by atoms with Crippen molar-refractivity contribution in [2.45, 2.75) is 32.2 Å². The number of carbonyl (C=O) groups is 1. The molecule has 0 bridgehead atoms. The molecule has 5 nitrogen and oxygen atoms in total. The molecule has 1 aromatic heterocycles. The summed E-state index contributed by atoms with van der Waals surface area (Å²) in [6.45, 7) is 2.25. The zero-order chi connectivity index (χ0) is 23.7. The summed E-state index contributed by atoms with van der Waals surface area (Å²) in [6, 6.07) is 17.9. The van der Waals surface area contributed by atoms with Crippen LogP contribution in [0.2, 0.25) is 0 Å². The second kappa shape index (κ2) is 9.76. The molecule has 2 aliphatic rings. The molecular weight excluding hydrogens is 462 g/mol. The molecule has 2 aromatic carbocycles. The maximum atomic E-state index is 13.6. The van der Waals surface area contributed by atoms with Crippen molar-refractivity contribution >= 4 is 56.9 Å². The number of hydrogen-bond donors (Lipinski definition) is 0. The van der Waals surface area contributed by atoms with Crippen molar-refractivity contribution in [1.29, 1.82) is 0 Å². The first kappa shape index (κ1) is 22.9. The number of pyridine rings is 1. The number of thioether (sulfide) groups is 1. The zero-order valence-electron chi connectivity index (χ0n) is 19.2. The molecule has 3 heterocycles. The van der Waals surface area contributed by atoms with E-state index in [9.17, 15) is 9.59 Å². The normalized spacial score (nSPS) is 18.2. The van der Waals surface area contributed by atoms with Gasteiger partial charge < -0.3 is 9.47 Å². The summed E-state index contributed by atoms with van der Waals surface area (Å²) >= 11 is 6.83. The van der Waals surface area contributed by atoms with Gasteiger partial charge in [0.15, 0.2) is 0 Å². The lowest BCUT2D eigenvalue weighted by Crippen LogP contribution is -2.30. The molecule has 2 fully saturated rings. The summed E-state index contributed by atoms with van der Waals surface area (Å²) < 4.78 is 2.21. The van der Waals surface area contributed by atoms with Crippen LogP contribution < -0.4 is 10.5 Å². The Balaban J connectivity index is 1.61. The minimum Gasteiger partial charge on any atom is -0.370 e. The maximum Gasteiger partial charge on any atom is 0.266 e. The molecule has 34 heavy (non-hydrogen) atoms. The Kier molecular flexibility index (Phi) is 6.57. The third kappa shape index (κ3) is 4.30. The fraction of sp³-hybridized carbons (Fsp3) is 0.296. The SMILES string of the molecule is Cn1c(=O)c(C=C2SC(=S)N(Cc3ccccc3)C2=O)c(N2CCCCCC2)c2ccccc21. The van der Waals surface area contributed by atoms with Crippen LogP contribution in [0.15, 0.2) is 64.3 Å². The lowest BCUT2D eigenvalue weighted by atomic mass is 10.1. The van der Waals surface area contributed by atoms with Gasteiger partial charge in [-0.05, 0) is 30.5 Å². The molecule has 0 aliphatic carbocycles. The number of fused-ring (bicyclic) bond motifs is 1. The second-order valence-corrected chi connectivity index (χ2v) is 10.5. The first-order chi connectivity index (χ1) is 16.5. The van der Waals surface area contributed by atoms with Gasteiger partial charge in [0.05, 0.1) is 28.2 Å². The molecule has 0 radical (unpaired) electrons. The number of hydrogen-bond acceptors (Lipinski definition) is 5. The van der Waals surface area contributed by atoms with Crippen molar-refractivity contribution < 1.29 is 4.79 Å². The number of para-hydroxylation sites is 1. The van der Waals surface area contributed by atoms with Gasteiger partial charge in [-0.1, -0.05) is 85.4 Å². The third-order valence-electron chi connectivity index (χ3n) is 6.57. The van der Waals surface area contributed by atoms with Crippen LogP contribution in [-0.2, 0) is 18.4 Å². The van der Waals surface area contributed by atoms with Crippen molar-refractivity contribution in [3.63, 3.8) is 0 Å². The van der Waals surface area contributed by atoms with Gasteiger partial charge in [0, 0.05) is 25.5 Å². The van der Waals surface area contributed by atoms with E-state index in [0.717, 1.165) is 48.1 Å². The van der Waals surface area contributed by atoms with Gasteiger partial charge in [0.1, 0.15) is 4.32 Å². The monoisotopic (exact) mass is 489 g/mol. The maximum absolute atomic E-state index is 13.6. The molecule has 0 saturated carbocycles. The van der Waals surface area contributed by atoms with E-state index in [1.54, 1.807) is 22.6 Å². The first-order valence-electron chi connectivity index (χ1n) is 11.7. The highest BCUT2D eigenvalue weighted by Gasteiger charge is 2.33. The van der Waals surface area contributed by atoms with Crippen LogP contribution in [0.1, 0.15) is 36.8 Å². The number of amides is 1. The predicted octanol–water partition coefficient (Wildman–Crippen LogP) is 5.32. The van der Waals surface area contributed by atoms with Crippen molar-refractivity contribution in [2.24, 2.45) is 7.05 Å². The van der Waals surface area contributed by atoms with E-state index < -0.39 is 0 Å². The quantitative estimate of drug-likeness (QED) is 0.367. The number of carbonyl (C=O) groups excluding carboxylic acids is 1. The molecule has 0 spiro atoms. The lowest BCUT2D eigenvalue weighted by molar-refractivity contribution is -0.122. The van der Waals surface area contributed by atoms with E-state index in [1.165, 1.54) is 24.6 Å². The van der Waals surface area contributed by atoms with E-state index in [1.807, 2.05) is 48.5 Å². The Hall–Kier alpha value is -2.90. The Morgan fingerprint density at radius 1 is 0.941 bits per heavy atom. The van der Waals surface area contributed by atoms with Crippen LogP contribution in [-0.4, -0.2) is 32.8 Å². The van der Waals surface area contributed by atoms with Crippen molar-refractivity contribution in [3.05, 3.63) is 81.0 Å². The molecular formula is C27H27N3O2S2. The molecule has 174 valence electrons. The van der Waals surface area contributed by atoms with Gasteiger partial charge in [-0.25, -0.2) is 0 Å². The molecule has 0 unspecified atom stereocenters. The van der Waals surface area contributed by atoms with Crippen LogP contribution in [0.5, 0.6) is 0 Å². The molecule has 0 N–H and O–H groups in total. The number of nitrogens with zero attached hydrogens (tertiary/aromatic N) is 3. The van der Waals surface area contributed by atoms with Gasteiger partial charge >= 0.3 is 0 Å². The average Bonchev–Trinajstić information content (AvgIpc) is 3.03. The van der Waals surface area contributed by atoms with Crippen molar-refractivity contribution in [2.75, 3.05) is 18.0 Å². The van der Waals surface area contributed by atoms with Crippen LogP contribution in [0.25, 0.3) is 17.0 Å². The Bertz CT molecular complexity index is 1340. The molecule has 7 heteroatoms. The van der Waals surface area contributed by atoms with E-state index >= 15 is 0 Å². The summed E-state index contributed by atoms with van der Waals surface area (Å²) in [5, 5.41) is 1.04. The van der Waals surface area contributed by atoms with Crippen molar-refractivity contribution in [1.82, 2.24) is 9.47 Å². The fourth-order valence-corrected chi connectivity index (χ4v) is 6.04. The minimum absolute atomic E-state index is 0.0914. The topological polar surface area (TPSA) is 45.6 Å². The number of benzene rings is 2. The molecule has 2 aliphatic heterocycles. The van der Waals surface area contributed by atoms with Crippen LogP contribution >= 0.6 is 24.0 Å². The average molecular weight is 490 g/mol. The minimum atomic E-state index is -0.143. The van der Waals surface area contributed by atoms with E-state index in [2.05, 4.69) is 11.0 Å². The van der Waals surface area contributed by atoms with Crippen molar-refractivity contribution in [3.8, 4) is 0 Å². The van der Waals surface area contributed by atoms with Gasteiger partial charge in [-0.15, -0.1) is 0 Å². The lowest BCUT2D eigenvalue weighted by Gasteiger charge is -2.27. The molecule has 0 atom stereocenters.